The van der Waals surface area contributed by atoms with Crippen molar-refractivity contribution >= 4 is 28.9 Å². The molecule has 1 aliphatic heterocycles. The number of hydrogen-bond donors (Lipinski definition) is 3. The number of nitrogens with zero attached hydrogens (tertiary/aromatic N) is 1. The number of halogens is 1. The third-order valence-corrected chi connectivity index (χ3v) is 4.24. The number of aliphatic hydroxyl groups is 1. The lowest BCUT2D eigenvalue weighted by molar-refractivity contribution is -0.121. The summed E-state index contributed by atoms with van der Waals surface area (Å²) in [6.45, 7) is 3.68. The fourth-order valence-electron chi connectivity index (χ4n) is 2.65. The number of nitrogens with two attached hydrogens (primary N) is 1. The van der Waals surface area contributed by atoms with E-state index < -0.39 is 0 Å². The van der Waals surface area contributed by atoms with Crippen LogP contribution in [0.2, 0.25) is 5.02 Å². The molecule has 6 heteroatoms. The summed E-state index contributed by atoms with van der Waals surface area (Å²) in [6.07, 6.45) is 2.03. The summed E-state index contributed by atoms with van der Waals surface area (Å²) >= 11 is 5.85. The highest BCUT2D eigenvalue weighted by atomic mass is 35.5. The van der Waals surface area contributed by atoms with Gasteiger partial charge in [-0.1, -0.05) is 11.6 Å². The van der Waals surface area contributed by atoms with Crippen molar-refractivity contribution in [2.75, 3.05) is 30.7 Å². The molecule has 0 spiro atoms. The molecule has 2 atom stereocenters. The highest BCUT2D eigenvalue weighted by molar-refractivity contribution is 6.31. The number of amides is 1. The standard InChI is InChI=1S/C15H22ClN3O2/c1-10(19-6-2-3-11(8-19)9-20)15(21)18-14-5-4-12(16)7-13(14)17/h4-5,7,10-11,20H,2-3,6,8-9,17H2,1H3,(H,18,21). The maximum Gasteiger partial charge on any atom is 0.241 e. The smallest absolute Gasteiger partial charge is 0.241 e. The van der Waals surface area contributed by atoms with E-state index in [0.717, 1.165) is 25.9 Å². The zero-order chi connectivity index (χ0) is 15.4. The molecule has 0 saturated carbocycles. The Morgan fingerprint density at radius 3 is 3.05 bits per heavy atom. The largest absolute Gasteiger partial charge is 0.397 e. The first-order chi connectivity index (χ1) is 10.0. The summed E-state index contributed by atoms with van der Waals surface area (Å²) in [5, 5.41) is 12.7. The van der Waals surface area contributed by atoms with Gasteiger partial charge in [0.2, 0.25) is 5.91 Å². The van der Waals surface area contributed by atoms with Crippen molar-refractivity contribution in [3.8, 4) is 0 Å². The molecule has 1 saturated heterocycles. The van der Waals surface area contributed by atoms with Gasteiger partial charge in [-0.2, -0.15) is 0 Å². The summed E-state index contributed by atoms with van der Waals surface area (Å²) < 4.78 is 0. The molecular formula is C15H22ClN3O2. The van der Waals surface area contributed by atoms with E-state index in [1.807, 2.05) is 6.92 Å². The molecule has 2 unspecified atom stereocenters. The number of rotatable bonds is 4. The summed E-state index contributed by atoms with van der Waals surface area (Å²) in [5.41, 5.74) is 6.88. The number of carbonyl (C=O) groups is 1. The molecule has 1 amide bonds. The molecule has 0 aliphatic carbocycles. The average Bonchev–Trinajstić information content (AvgIpc) is 2.49. The van der Waals surface area contributed by atoms with Gasteiger partial charge in [-0.25, -0.2) is 0 Å². The van der Waals surface area contributed by atoms with Crippen molar-refractivity contribution in [1.82, 2.24) is 4.90 Å². The van der Waals surface area contributed by atoms with Crippen molar-refractivity contribution in [3.63, 3.8) is 0 Å². The van der Waals surface area contributed by atoms with E-state index in [4.69, 9.17) is 17.3 Å². The third-order valence-electron chi connectivity index (χ3n) is 4.01. The summed E-state index contributed by atoms with van der Waals surface area (Å²) in [5.74, 6) is 0.164. The van der Waals surface area contributed by atoms with Crippen molar-refractivity contribution < 1.29 is 9.90 Å². The van der Waals surface area contributed by atoms with Crippen LogP contribution < -0.4 is 11.1 Å². The van der Waals surface area contributed by atoms with Gasteiger partial charge in [0, 0.05) is 18.2 Å². The number of anilines is 2. The van der Waals surface area contributed by atoms with Crippen LogP contribution in [0.15, 0.2) is 18.2 Å². The highest BCUT2D eigenvalue weighted by Crippen LogP contribution is 2.24. The number of benzene rings is 1. The quantitative estimate of drug-likeness (QED) is 0.743. The van der Waals surface area contributed by atoms with Crippen LogP contribution in [0.4, 0.5) is 11.4 Å². The summed E-state index contributed by atoms with van der Waals surface area (Å²) in [6, 6.07) is 4.76. The van der Waals surface area contributed by atoms with Crippen molar-refractivity contribution in [2.45, 2.75) is 25.8 Å². The second kappa shape index (κ2) is 7.11. The Bertz CT molecular complexity index is 510. The van der Waals surface area contributed by atoms with E-state index in [-0.39, 0.29) is 24.5 Å². The predicted octanol–water partition coefficient (Wildman–Crippen LogP) is 1.95. The first kappa shape index (κ1) is 16.1. The van der Waals surface area contributed by atoms with Gasteiger partial charge in [0.05, 0.1) is 17.4 Å². The topological polar surface area (TPSA) is 78.6 Å². The van der Waals surface area contributed by atoms with Crippen LogP contribution in [0.25, 0.3) is 0 Å². The van der Waals surface area contributed by atoms with E-state index in [1.54, 1.807) is 18.2 Å². The van der Waals surface area contributed by atoms with Crippen LogP contribution in [0, 0.1) is 5.92 Å². The predicted molar refractivity (Wildman–Crippen MR) is 85.3 cm³/mol. The van der Waals surface area contributed by atoms with E-state index in [9.17, 15) is 9.90 Å². The second-order valence-electron chi connectivity index (χ2n) is 5.58. The van der Waals surface area contributed by atoms with Crippen LogP contribution in [0.3, 0.4) is 0 Å². The van der Waals surface area contributed by atoms with E-state index in [0.29, 0.717) is 16.4 Å². The molecule has 2 rings (SSSR count). The molecule has 0 bridgehead atoms. The number of piperidine rings is 1. The van der Waals surface area contributed by atoms with Gasteiger partial charge < -0.3 is 16.2 Å². The Balaban J connectivity index is 1.99. The number of carbonyl (C=O) groups excluding carboxylic acids is 1. The molecular weight excluding hydrogens is 290 g/mol. The minimum Gasteiger partial charge on any atom is -0.397 e. The van der Waals surface area contributed by atoms with Crippen LogP contribution in [0.5, 0.6) is 0 Å². The monoisotopic (exact) mass is 311 g/mol. The van der Waals surface area contributed by atoms with E-state index >= 15 is 0 Å². The molecule has 1 aromatic carbocycles. The minimum absolute atomic E-state index is 0.0948. The lowest BCUT2D eigenvalue weighted by Crippen LogP contribution is -2.47. The summed E-state index contributed by atoms with van der Waals surface area (Å²) in [4.78, 5) is 14.4. The van der Waals surface area contributed by atoms with Crippen LogP contribution in [-0.4, -0.2) is 41.7 Å². The highest BCUT2D eigenvalue weighted by Gasteiger charge is 2.27. The molecule has 116 valence electrons. The maximum atomic E-state index is 12.3. The van der Waals surface area contributed by atoms with E-state index in [1.165, 1.54) is 0 Å². The molecule has 1 aromatic rings. The molecule has 1 aliphatic rings. The van der Waals surface area contributed by atoms with Gasteiger partial charge >= 0.3 is 0 Å². The molecule has 0 radical (unpaired) electrons. The maximum absolute atomic E-state index is 12.3. The van der Waals surface area contributed by atoms with Crippen molar-refractivity contribution in [3.05, 3.63) is 23.2 Å². The number of nitrogen functional groups attached to an aromatic ring is 1. The number of likely N-dealkylation sites (tertiary alicyclic amines) is 1. The number of hydrogen-bond acceptors (Lipinski definition) is 4. The molecule has 1 fully saturated rings. The minimum atomic E-state index is -0.255. The Labute approximate surface area is 130 Å². The molecule has 0 aromatic heterocycles. The molecule has 4 N–H and O–H groups in total. The molecule has 5 nitrogen and oxygen atoms in total. The first-order valence-electron chi connectivity index (χ1n) is 7.22. The van der Waals surface area contributed by atoms with Gasteiger partial charge in [0.1, 0.15) is 0 Å². The summed E-state index contributed by atoms with van der Waals surface area (Å²) in [7, 11) is 0. The zero-order valence-electron chi connectivity index (χ0n) is 12.2. The van der Waals surface area contributed by atoms with Gasteiger partial charge in [0.25, 0.3) is 0 Å². The van der Waals surface area contributed by atoms with Crippen molar-refractivity contribution in [2.24, 2.45) is 5.92 Å². The molecule has 1 heterocycles. The van der Waals surface area contributed by atoms with Crippen molar-refractivity contribution in [1.29, 1.82) is 0 Å². The third kappa shape index (κ3) is 4.09. The lowest BCUT2D eigenvalue weighted by atomic mass is 9.97. The molecule has 21 heavy (non-hydrogen) atoms. The SMILES string of the molecule is CC(C(=O)Nc1ccc(Cl)cc1N)N1CCCC(CO)C1. The van der Waals surface area contributed by atoms with Crippen LogP contribution >= 0.6 is 11.6 Å². The number of aliphatic hydroxyl groups excluding tert-OH is 1. The Kier molecular flexibility index (Phi) is 5.45. The van der Waals surface area contributed by atoms with Crippen LogP contribution in [0.1, 0.15) is 19.8 Å². The van der Waals surface area contributed by atoms with Gasteiger partial charge in [-0.15, -0.1) is 0 Å². The Morgan fingerprint density at radius 1 is 1.62 bits per heavy atom. The normalized spacial score (nSPS) is 21.0. The number of nitrogens with one attached hydrogen (secondary N) is 1. The Hall–Kier alpha value is -1.30. The fraction of sp³-hybridized carbons (Fsp3) is 0.533. The van der Waals surface area contributed by atoms with Gasteiger partial charge in [-0.05, 0) is 50.4 Å². The average molecular weight is 312 g/mol. The van der Waals surface area contributed by atoms with E-state index in [2.05, 4.69) is 10.2 Å². The van der Waals surface area contributed by atoms with Gasteiger partial charge in [-0.3, -0.25) is 9.69 Å². The van der Waals surface area contributed by atoms with Crippen LogP contribution in [-0.2, 0) is 4.79 Å². The Morgan fingerprint density at radius 2 is 2.38 bits per heavy atom. The zero-order valence-corrected chi connectivity index (χ0v) is 12.9. The fourth-order valence-corrected chi connectivity index (χ4v) is 2.83. The second-order valence-corrected chi connectivity index (χ2v) is 6.02. The van der Waals surface area contributed by atoms with Gasteiger partial charge in [0.15, 0.2) is 0 Å². The lowest BCUT2D eigenvalue weighted by Gasteiger charge is -2.35. The first-order valence-corrected chi connectivity index (χ1v) is 7.60.